The fraction of sp³-hybridized carbons (Fsp3) is 0.667. The van der Waals surface area contributed by atoms with E-state index in [1.165, 1.54) is 6.92 Å². The first kappa shape index (κ1) is 13.8. The largest absolute Gasteiger partial charge is 0.480 e. The van der Waals surface area contributed by atoms with Crippen LogP contribution in [0.2, 0.25) is 0 Å². The van der Waals surface area contributed by atoms with Gasteiger partial charge in [-0.3, -0.25) is 9.59 Å². The molecule has 6 heteroatoms. The Morgan fingerprint density at radius 3 is 2.00 bits per heavy atom. The van der Waals surface area contributed by atoms with Crippen LogP contribution in [0.25, 0.3) is 0 Å². The fourth-order valence-electron chi connectivity index (χ4n) is 0.293. The molecule has 0 aromatic rings. The minimum absolute atomic E-state index is 0.325. The van der Waals surface area contributed by atoms with E-state index >= 15 is 0 Å². The molecule has 5 nitrogen and oxygen atoms in total. The van der Waals surface area contributed by atoms with Crippen molar-refractivity contribution in [2.75, 3.05) is 12.8 Å². The predicted octanol–water partition coefficient (Wildman–Crippen LogP) is -0.920. The quantitative estimate of drug-likeness (QED) is 0.437. The van der Waals surface area contributed by atoms with E-state index in [1.807, 2.05) is 0 Å². The van der Waals surface area contributed by atoms with Crippen molar-refractivity contribution in [1.82, 2.24) is 5.32 Å². The average Bonchev–Trinajstić information content (AvgIpc) is 1.87. The zero-order valence-corrected chi connectivity index (χ0v) is 7.97. The van der Waals surface area contributed by atoms with Crippen LogP contribution in [-0.4, -0.2) is 35.8 Å². The monoisotopic (exact) mass is 194 g/mol. The summed E-state index contributed by atoms with van der Waals surface area (Å²) in [6.45, 7) is 1.31. The number of primary amides is 1. The molecule has 0 bridgehead atoms. The van der Waals surface area contributed by atoms with E-state index in [-0.39, 0.29) is 5.91 Å². The summed E-state index contributed by atoms with van der Waals surface area (Å²) in [6.07, 6.45) is 0. The molecular formula is C6H14N2O3S. The van der Waals surface area contributed by atoms with E-state index in [2.05, 4.69) is 23.7 Å². The number of nitrogens with two attached hydrogens (primary N) is 1. The maximum Gasteiger partial charge on any atom is 0.321 e. The summed E-state index contributed by atoms with van der Waals surface area (Å²) in [6, 6.07) is -0.515. The van der Waals surface area contributed by atoms with Gasteiger partial charge in [0.2, 0.25) is 5.91 Å². The number of carboxylic acid groups (broad SMARTS) is 1. The van der Waals surface area contributed by atoms with Crippen LogP contribution in [0.1, 0.15) is 6.92 Å². The molecule has 0 radical (unpaired) electrons. The van der Waals surface area contributed by atoms with Crippen molar-refractivity contribution in [3.63, 3.8) is 0 Å². The number of amides is 1. The Labute approximate surface area is 76.7 Å². The number of aliphatic carboxylic acids is 1. The molecule has 0 aliphatic rings. The Bertz CT molecular complexity index is 144. The molecule has 1 unspecified atom stereocenters. The minimum atomic E-state index is -0.859. The smallest absolute Gasteiger partial charge is 0.321 e. The number of hydrogen-bond donors (Lipinski definition) is 4. The van der Waals surface area contributed by atoms with E-state index in [9.17, 15) is 9.59 Å². The molecule has 0 aromatic carbocycles. The molecule has 0 saturated carbocycles. The number of rotatable bonds is 3. The number of likely N-dealkylation sites (N-methyl/N-ethyl adjacent to an activating group) is 1. The molecule has 0 rings (SSSR count). The second kappa shape index (κ2) is 8.35. The summed E-state index contributed by atoms with van der Waals surface area (Å²) in [5.41, 5.74) is 4.47. The third-order valence-corrected chi connectivity index (χ3v) is 1.19. The van der Waals surface area contributed by atoms with Crippen molar-refractivity contribution >= 4 is 24.5 Å². The number of carbonyl (C=O) groups is 2. The highest BCUT2D eigenvalue weighted by Crippen LogP contribution is 1.84. The average molecular weight is 194 g/mol. The highest BCUT2D eigenvalue weighted by Gasteiger charge is 2.10. The summed E-state index contributed by atoms with van der Waals surface area (Å²) in [4.78, 5) is 19.3. The van der Waals surface area contributed by atoms with Gasteiger partial charge in [-0.15, -0.1) is 0 Å². The van der Waals surface area contributed by atoms with Crippen LogP contribution in [0.4, 0.5) is 0 Å². The summed E-state index contributed by atoms with van der Waals surface area (Å²) < 4.78 is 0. The summed E-state index contributed by atoms with van der Waals surface area (Å²) >= 11 is 3.79. The maximum atomic E-state index is 10.1. The van der Waals surface area contributed by atoms with E-state index in [4.69, 9.17) is 5.11 Å². The van der Waals surface area contributed by atoms with Gasteiger partial charge in [-0.2, -0.15) is 12.6 Å². The van der Waals surface area contributed by atoms with Crippen molar-refractivity contribution in [3.05, 3.63) is 0 Å². The first-order valence-corrected chi connectivity index (χ1v) is 3.85. The Morgan fingerprint density at radius 2 is 2.00 bits per heavy atom. The fourth-order valence-corrected chi connectivity index (χ4v) is 0.632. The highest BCUT2D eigenvalue weighted by atomic mass is 32.1. The minimum Gasteiger partial charge on any atom is -0.480 e. The van der Waals surface area contributed by atoms with Crippen molar-refractivity contribution in [2.45, 2.75) is 13.0 Å². The van der Waals surface area contributed by atoms with Gasteiger partial charge in [0.1, 0.15) is 6.04 Å². The van der Waals surface area contributed by atoms with Crippen LogP contribution in [0.3, 0.4) is 0 Å². The number of hydrogen-bond acceptors (Lipinski definition) is 4. The molecule has 0 spiro atoms. The number of carboxylic acids is 1. The van der Waals surface area contributed by atoms with Crippen molar-refractivity contribution in [2.24, 2.45) is 5.73 Å². The topological polar surface area (TPSA) is 92.4 Å². The Kier molecular flexibility index (Phi) is 9.61. The molecule has 0 aromatic heterocycles. The molecule has 0 saturated heterocycles. The third-order valence-electron chi connectivity index (χ3n) is 0.829. The van der Waals surface area contributed by atoms with Gasteiger partial charge in [0.05, 0.1) is 0 Å². The molecule has 0 aliphatic carbocycles. The van der Waals surface area contributed by atoms with Crippen LogP contribution in [-0.2, 0) is 9.59 Å². The lowest BCUT2D eigenvalue weighted by Gasteiger charge is -2.04. The zero-order chi connectivity index (χ0) is 10.1. The Morgan fingerprint density at radius 1 is 1.67 bits per heavy atom. The molecular weight excluding hydrogens is 180 g/mol. The predicted molar refractivity (Wildman–Crippen MR) is 49.2 cm³/mol. The lowest BCUT2D eigenvalue weighted by atomic mass is 10.3. The van der Waals surface area contributed by atoms with E-state index in [0.29, 0.717) is 5.75 Å². The second-order valence-electron chi connectivity index (χ2n) is 1.97. The van der Waals surface area contributed by atoms with Gasteiger partial charge in [-0.1, -0.05) is 0 Å². The van der Waals surface area contributed by atoms with Crippen molar-refractivity contribution in [3.8, 4) is 0 Å². The van der Waals surface area contributed by atoms with Crippen LogP contribution < -0.4 is 11.1 Å². The van der Waals surface area contributed by atoms with E-state index in [0.717, 1.165) is 0 Å². The lowest BCUT2D eigenvalue weighted by molar-refractivity contribution is -0.138. The van der Waals surface area contributed by atoms with Gasteiger partial charge in [0.25, 0.3) is 0 Å². The van der Waals surface area contributed by atoms with Gasteiger partial charge in [-0.05, 0) is 7.05 Å². The normalized spacial score (nSPS) is 10.9. The van der Waals surface area contributed by atoms with Crippen LogP contribution in [0.5, 0.6) is 0 Å². The van der Waals surface area contributed by atoms with Gasteiger partial charge in [0, 0.05) is 12.7 Å². The molecule has 0 fully saturated rings. The molecule has 12 heavy (non-hydrogen) atoms. The Hall–Kier alpha value is -0.750. The van der Waals surface area contributed by atoms with Crippen LogP contribution in [0, 0.1) is 0 Å². The second-order valence-corrected chi connectivity index (χ2v) is 2.34. The molecule has 0 heterocycles. The summed E-state index contributed by atoms with van der Waals surface area (Å²) in [5, 5.41) is 10.8. The first-order chi connectivity index (χ1) is 5.45. The molecule has 1 atom stereocenters. The molecule has 4 N–H and O–H groups in total. The number of nitrogens with one attached hydrogen (secondary N) is 1. The number of thiol groups is 1. The van der Waals surface area contributed by atoms with E-state index in [1.54, 1.807) is 7.05 Å². The van der Waals surface area contributed by atoms with E-state index < -0.39 is 12.0 Å². The van der Waals surface area contributed by atoms with Gasteiger partial charge < -0.3 is 16.2 Å². The third kappa shape index (κ3) is 12.0. The van der Waals surface area contributed by atoms with Crippen LogP contribution in [0.15, 0.2) is 0 Å². The SMILES string of the molecule is CC(N)=O.CNC(CS)C(=O)O. The number of carbonyl (C=O) groups excluding carboxylic acids is 1. The summed E-state index contributed by atoms with van der Waals surface area (Å²) in [5.74, 6) is -0.867. The Balaban J connectivity index is 0. The maximum absolute atomic E-state index is 10.1. The standard InChI is InChI=1S/C4H9NO2S.C2H5NO/c1-5-3(2-8)4(6)7;1-2(3)4/h3,5,8H,2H2,1H3,(H,6,7);1H3,(H2,3,4). The zero-order valence-electron chi connectivity index (χ0n) is 7.07. The molecule has 72 valence electrons. The molecule has 0 aliphatic heterocycles. The molecule has 1 amide bonds. The van der Waals surface area contributed by atoms with Crippen molar-refractivity contribution < 1.29 is 14.7 Å². The van der Waals surface area contributed by atoms with Gasteiger partial charge >= 0.3 is 5.97 Å². The van der Waals surface area contributed by atoms with Gasteiger partial charge in [-0.25, -0.2) is 0 Å². The first-order valence-electron chi connectivity index (χ1n) is 3.22. The van der Waals surface area contributed by atoms with Crippen LogP contribution >= 0.6 is 12.6 Å². The van der Waals surface area contributed by atoms with Crippen molar-refractivity contribution in [1.29, 1.82) is 0 Å². The highest BCUT2D eigenvalue weighted by molar-refractivity contribution is 7.80. The van der Waals surface area contributed by atoms with Gasteiger partial charge in [0.15, 0.2) is 0 Å². The lowest BCUT2D eigenvalue weighted by Crippen LogP contribution is -2.35. The summed E-state index contributed by atoms with van der Waals surface area (Å²) in [7, 11) is 1.59.